The number of nitrogens with zero attached hydrogens (tertiary/aromatic N) is 3. The van der Waals surface area contributed by atoms with Crippen LogP contribution in [0, 0.1) is 6.92 Å². The van der Waals surface area contributed by atoms with Crippen LogP contribution in [0.5, 0.6) is 0 Å². The van der Waals surface area contributed by atoms with E-state index in [1.54, 1.807) is 0 Å². The van der Waals surface area contributed by atoms with Crippen LogP contribution in [-0.2, 0) is 6.42 Å². The first-order valence-corrected chi connectivity index (χ1v) is 6.26. The van der Waals surface area contributed by atoms with Crippen LogP contribution >= 0.6 is 0 Å². The zero-order valence-electron chi connectivity index (χ0n) is 10.8. The molecule has 1 aromatic heterocycles. The number of hydrogen-bond donors (Lipinski definition) is 0. The molecule has 2 heterocycles. The van der Waals surface area contributed by atoms with Crippen LogP contribution < -0.4 is 0 Å². The van der Waals surface area contributed by atoms with E-state index in [9.17, 15) is 0 Å². The van der Waals surface area contributed by atoms with Gasteiger partial charge in [-0.3, -0.25) is 4.99 Å². The van der Waals surface area contributed by atoms with Gasteiger partial charge in [0.05, 0.1) is 11.4 Å². The minimum absolute atomic E-state index is 0.874. The van der Waals surface area contributed by atoms with Gasteiger partial charge in [0.2, 0.25) is 0 Å². The number of aryl methyl sites for hydroxylation is 1. The fraction of sp³-hybridized carbons (Fsp3) is 0.500. The fourth-order valence-electron chi connectivity index (χ4n) is 2.14. The van der Waals surface area contributed by atoms with Crippen molar-refractivity contribution in [2.24, 2.45) is 9.98 Å². The molecule has 17 heavy (non-hydrogen) atoms. The maximum absolute atomic E-state index is 4.71. The van der Waals surface area contributed by atoms with Gasteiger partial charge in [-0.1, -0.05) is 6.92 Å². The predicted molar refractivity (Wildman–Crippen MR) is 72.7 cm³/mol. The molecule has 0 spiro atoms. The first-order valence-electron chi connectivity index (χ1n) is 6.26. The van der Waals surface area contributed by atoms with E-state index in [2.05, 4.69) is 23.8 Å². The molecule has 0 saturated heterocycles. The second kappa shape index (κ2) is 5.21. The minimum atomic E-state index is 0.874. The SMILES string of the molecule is CCc1c(C)ccnc1N=C1CCCN=C1C. The maximum atomic E-state index is 4.71. The Hall–Kier alpha value is -1.51. The Morgan fingerprint density at radius 2 is 2.18 bits per heavy atom. The molecule has 0 N–H and O–H groups in total. The molecule has 90 valence electrons. The highest BCUT2D eigenvalue weighted by Gasteiger charge is 2.11. The Morgan fingerprint density at radius 1 is 1.35 bits per heavy atom. The first-order chi connectivity index (χ1) is 8.22. The van der Waals surface area contributed by atoms with Gasteiger partial charge in [-0.2, -0.15) is 0 Å². The number of aliphatic imine (C=N–C) groups is 2. The lowest BCUT2D eigenvalue weighted by molar-refractivity contribution is 0.862. The van der Waals surface area contributed by atoms with Gasteiger partial charge in [-0.05, 0) is 50.3 Å². The lowest BCUT2D eigenvalue weighted by Gasteiger charge is -2.12. The minimum Gasteiger partial charge on any atom is -0.288 e. The molecule has 0 aromatic carbocycles. The second-order valence-electron chi connectivity index (χ2n) is 4.41. The maximum Gasteiger partial charge on any atom is 0.155 e. The average Bonchev–Trinajstić information content (AvgIpc) is 2.32. The molecule has 3 heteroatoms. The van der Waals surface area contributed by atoms with Crippen molar-refractivity contribution in [1.82, 2.24) is 4.98 Å². The highest BCUT2D eigenvalue weighted by atomic mass is 14.9. The summed E-state index contributed by atoms with van der Waals surface area (Å²) in [7, 11) is 0. The van der Waals surface area contributed by atoms with Gasteiger partial charge in [0.1, 0.15) is 0 Å². The lowest BCUT2D eigenvalue weighted by atomic mass is 10.1. The van der Waals surface area contributed by atoms with Crippen molar-refractivity contribution < 1.29 is 0 Å². The Morgan fingerprint density at radius 3 is 2.88 bits per heavy atom. The molecular formula is C14H19N3. The third-order valence-corrected chi connectivity index (χ3v) is 3.20. The van der Waals surface area contributed by atoms with Gasteiger partial charge in [-0.25, -0.2) is 9.98 Å². The van der Waals surface area contributed by atoms with E-state index in [4.69, 9.17) is 4.99 Å². The number of pyridine rings is 1. The molecule has 0 unspecified atom stereocenters. The van der Waals surface area contributed by atoms with E-state index in [1.807, 2.05) is 19.2 Å². The summed E-state index contributed by atoms with van der Waals surface area (Å²) in [4.78, 5) is 13.5. The zero-order valence-corrected chi connectivity index (χ0v) is 10.8. The summed E-state index contributed by atoms with van der Waals surface area (Å²) < 4.78 is 0. The molecule has 0 aliphatic carbocycles. The van der Waals surface area contributed by atoms with Gasteiger partial charge >= 0.3 is 0 Å². The normalized spacial score (nSPS) is 18.3. The Kier molecular flexibility index (Phi) is 3.67. The molecule has 0 bridgehead atoms. The van der Waals surface area contributed by atoms with Crippen molar-refractivity contribution in [2.75, 3.05) is 6.54 Å². The molecule has 1 aliphatic heterocycles. The predicted octanol–water partition coefficient (Wildman–Crippen LogP) is 3.28. The molecule has 2 rings (SSSR count). The third-order valence-electron chi connectivity index (χ3n) is 3.20. The quantitative estimate of drug-likeness (QED) is 0.766. The first kappa shape index (κ1) is 12.0. The van der Waals surface area contributed by atoms with Crippen molar-refractivity contribution in [3.8, 4) is 0 Å². The Labute approximate surface area is 103 Å². The molecule has 3 nitrogen and oxygen atoms in total. The van der Waals surface area contributed by atoms with Gasteiger partial charge < -0.3 is 0 Å². The summed E-state index contributed by atoms with van der Waals surface area (Å²) in [6.07, 6.45) is 4.93. The van der Waals surface area contributed by atoms with Crippen molar-refractivity contribution in [3.63, 3.8) is 0 Å². The van der Waals surface area contributed by atoms with Crippen molar-refractivity contribution in [1.29, 1.82) is 0 Å². The second-order valence-corrected chi connectivity index (χ2v) is 4.41. The number of aromatic nitrogens is 1. The summed E-state index contributed by atoms with van der Waals surface area (Å²) in [5.74, 6) is 0.874. The average molecular weight is 229 g/mol. The van der Waals surface area contributed by atoms with Crippen molar-refractivity contribution in [3.05, 3.63) is 23.4 Å². The van der Waals surface area contributed by atoms with Crippen LogP contribution in [0.4, 0.5) is 5.82 Å². The van der Waals surface area contributed by atoms with E-state index < -0.39 is 0 Å². The van der Waals surface area contributed by atoms with E-state index in [0.717, 1.165) is 43.0 Å². The Bertz CT molecular complexity index is 472. The molecular weight excluding hydrogens is 210 g/mol. The third kappa shape index (κ3) is 2.60. The summed E-state index contributed by atoms with van der Waals surface area (Å²) in [6, 6.07) is 2.05. The smallest absolute Gasteiger partial charge is 0.155 e. The highest BCUT2D eigenvalue weighted by Crippen LogP contribution is 2.21. The molecule has 0 fully saturated rings. The molecule has 1 aromatic rings. The van der Waals surface area contributed by atoms with Crippen LogP contribution in [0.25, 0.3) is 0 Å². The molecule has 0 amide bonds. The van der Waals surface area contributed by atoms with E-state index in [0.29, 0.717) is 0 Å². The van der Waals surface area contributed by atoms with Crippen LogP contribution in [0.1, 0.15) is 37.8 Å². The fourth-order valence-corrected chi connectivity index (χ4v) is 2.14. The van der Waals surface area contributed by atoms with Crippen LogP contribution in [0.2, 0.25) is 0 Å². The summed E-state index contributed by atoms with van der Waals surface area (Å²) in [5, 5.41) is 0. The van der Waals surface area contributed by atoms with E-state index in [-0.39, 0.29) is 0 Å². The lowest BCUT2D eigenvalue weighted by Crippen LogP contribution is -2.16. The number of hydrogen-bond acceptors (Lipinski definition) is 3. The largest absolute Gasteiger partial charge is 0.288 e. The van der Waals surface area contributed by atoms with E-state index in [1.165, 1.54) is 11.1 Å². The monoisotopic (exact) mass is 229 g/mol. The molecule has 1 aliphatic rings. The van der Waals surface area contributed by atoms with Gasteiger partial charge in [0, 0.05) is 12.7 Å². The van der Waals surface area contributed by atoms with Crippen molar-refractivity contribution >= 4 is 17.2 Å². The van der Waals surface area contributed by atoms with Gasteiger partial charge in [0.25, 0.3) is 0 Å². The van der Waals surface area contributed by atoms with Crippen LogP contribution in [-0.4, -0.2) is 23.0 Å². The Balaban J connectivity index is 2.41. The number of rotatable bonds is 2. The van der Waals surface area contributed by atoms with Gasteiger partial charge in [0.15, 0.2) is 5.82 Å². The van der Waals surface area contributed by atoms with Crippen molar-refractivity contribution in [2.45, 2.75) is 40.0 Å². The van der Waals surface area contributed by atoms with Crippen LogP contribution in [0.3, 0.4) is 0 Å². The van der Waals surface area contributed by atoms with Gasteiger partial charge in [-0.15, -0.1) is 0 Å². The molecule has 0 atom stereocenters. The topological polar surface area (TPSA) is 37.6 Å². The zero-order chi connectivity index (χ0) is 12.3. The summed E-state index contributed by atoms with van der Waals surface area (Å²) in [5.41, 5.74) is 4.69. The van der Waals surface area contributed by atoms with E-state index >= 15 is 0 Å². The van der Waals surface area contributed by atoms with Crippen LogP contribution in [0.15, 0.2) is 22.2 Å². The molecule has 0 radical (unpaired) electrons. The summed E-state index contributed by atoms with van der Waals surface area (Å²) in [6.45, 7) is 7.24. The highest BCUT2D eigenvalue weighted by molar-refractivity contribution is 6.42. The standard InChI is InChI=1S/C14H19N3/c1-4-12-10(2)7-9-16-14(12)17-13-6-5-8-15-11(13)3/h7,9H,4-6,8H2,1-3H3. The molecule has 0 saturated carbocycles. The summed E-state index contributed by atoms with van der Waals surface area (Å²) >= 11 is 0.